The monoisotopic (exact) mass is 410 g/mol. The van der Waals surface area contributed by atoms with E-state index in [0.717, 1.165) is 71.1 Å². The second-order valence-corrected chi connectivity index (χ2v) is 9.99. The summed E-state index contributed by atoms with van der Waals surface area (Å²) in [5.41, 5.74) is 4.09. The smallest absolute Gasteiger partial charge is 0.226 e. The van der Waals surface area contributed by atoms with Crippen LogP contribution in [0.15, 0.2) is 18.0 Å². The normalized spacial score (nSPS) is 31.8. The lowest BCUT2D eigenvalue weighted by Gasteiger charge is -2.40. The maximum atomic E-state index is 14.0. The zero-order chi connectivity index (χ0) is 20.1. The Bertz CT molecular complexity index is 823. The Morgan fingerprint density at radius 2 is 1.97 bits per heavy atom. The molecule has 2 aliphatic heterocycles. The van der Waals surface area contributed by atoms with E-state index in [9.17, 15) is 4.79 Å². The fourth-order valence-electron chi connectivity index (χ4n) is 6.58. The van der Waals surface area contributed by atoms with Gasteiger partial charge in [-0.3, -0.25) is 9.89 Å². The molecule has 3 atom stereocenters. The first-order valence-electron chi connectivity index (χ1n) is 12.2. The van der Waals surface area contributed by atoms with Crippen LogP contribution >= 0.6 is 0 Å². The largest absolute Gasteiger partial charge is 0.381 e. The van der Waals surface area contributed by atoms with Gasteiger partial charge in [0.1, 0.15) is 0 Å². The van der Waals surface area contributed by atoms with Crippen molar-refractivity contribution in [1.29, 1.82) is 0 Å². The van der Waals surface area contributed by atoms with Gasteiger partial charge in [0.05, 0.1) is 6.20 Å². The molecular formula is C24H34N4O2. The van der Waals surface area contributed by atoms with Crippen molar-refractivity contribution >= 4 is 5.91 Å². The minimum atomic E-state index is 0.182. The van der Waals surface area contributed by atoms with Crippen LogP contribution in [0.25, 0.3) is 0 Å². The molecule has 1 amide bonds. The van der Waals surface area contributed by atoms with E-state index in [0.29, 0.717) is 30.0 Å². The Hall–Kier alpha value is -1.82. The van der Waals surface area contributed by atoms with Crippen molar-refractivity contribution in [1.82, 2.24) is 20.0 Å². The highest BCUT2D eigenvalue weighted by atomic mass is 16.5. The number of amides is 1. The predicted octanol–water partition coefficient (Wildman–Crippen LogP) is 3.05. The number of rotatable bonds is 4. The predicted molar refractivity (Wildman–Crippen MR) is 114 cm³/mol. The van der Waals surface area contributed by atoms with Gasteiger partial charge in [-0.15, -0.1) is 0 Å². The van der Waals surface area contributed by atoms with Crippen LogP contribution in [0, 0.1) is 11.8 Å². The number of nitrogens with zero attached hydrogens (tertiary/aromatic N) is 3. The summed E-state index contributed by atoms with van der Waals surface area (Å²) in [6.07, 6.45) is 15.4. The van der Waals surface area contributed by atoms with Crippen molar-refractivity contribution in [3.8, 4) is 0 Å². The second-order valence-electron chi connectivity index (χ2n) is 9.99. The van der Waals surface area contributed by atoms with E-state index in [1.165, 1.54) is 29.8 Å². The average molecular weight is 411 g/mol. The molecule has 6 nitrogen and oxygen atoms in total. The molecule has 0 spiro atoms. The fourth-order valence-corrected chi connectivity index (χ4v) is 6.58. The Morgan fingerprint density at radius 3 is 2.80 bits per heavy atom. The Balaban J connectivity index is 1.20. The van der Waals surface area contributed by atoms with Crippen molar-refractivity contribution in [2.75, 3.05) is 19.8 Å². The third kappa shape index (κ3) is 3.28. The molecule has 5 aliphatic rings. The third-order valence-electron chi connectivity index (χ3n) is 8.24. The Labute approximate surface area is 179 Å². The van der Waals surface area contributed by atoms with Gasteiger partial charge in [0.2, 0.25) is 5.91 Å². The van der Waals surface area contributed by atoms with Crippen molar-refractivity contribution in [3.05, 3.63) is 29.2 Å². The summed E-state index contributed by atoms with van der Waals surface area (Å²) in [6, 6.07) is 1.46. The molecule has 3 aliphatic carbocycles. The van der Waals surface area contributed by atoms with Crippen LogP contribution in [-0.4, -0.2) is 63.8 Å². The average Bonchev–Trinajstić information content (AvgIpc) is 3.34. The van der Waals surface area contributed by atoms with Gasteiger partial charge in [-0.05, 0) is 69.8 Å². The molecule has 1 aromatic rings. The number of hydrogen-bond acceptors (Lipinski definition) is 4. The molecule has 0 aromatic carbocycles. The Morgan fingerprint density at radius 1 is 1.10 bits per heavy atom. The number of likely N-dealkylation sites (tertiary alicyclic amines) is 1. The maximum Gasteiger partial charge on any atom is 0.226 e. The summed E-state index contributed by atoms with van der Waals surface area (Å²) < 4.78 is 5.59. The SMILES string of the molecule is O=C(C1CCC=C2C1CCN2C1CCOCC1)N(C1CC1)C1CCc2[nH]ncc2C1. The standard InChI is InChI=1S/C24H34N4O2/c29-24(28(18-4-5-18)19-6-7-22-16(14-19)15-25-26-22)21-2-1-3-23-20(21)8-11-27(23)17-9-12-30-13-10-17/h3,15,17-21H,1-2,4-14H2,(H,25,26). The molecule has 6 heteroatoms. The van der Waals surface area contributed by atoms with E-state index in [4.69, 9.17) is 4.74 Å². The van der Waals surface area contributed by atoms with Gasteiger partial charge in [0.25, 0.3) is 0 Å². The Kier molecular flexibility index (Phi) is 4.85. The molecule has 1 N–H and O–H groups in total. The van der Waals surface area contributed by atoms with Gasteiger partial charge in [-0.1, -0.05) is 6.08 Å². The van der Waals surface area contributed by atoms with Gasteiger partial charge in [0.15, 0.2) is 0 Å². The second kappa shape index (κ2) is 7.70. The van der Waals surface area contributed by atoms with Gasteiger partial charge < -0.3 is 14.5 Å². The number of hydrogen-bond donors (Lipinski definition) is 1. The van der Waals surface area contributed by atoms with Crippen LogP contribution in [-0.2, 0) is 22.4 Å². The van der Waals surface area contributed by atoms with Gasteiger partial charge in [-0.2, -0.15) is 5.10 Å². The van der Waals surface area contributed by atoms with Gasteiger partial charge in [0, 0.05) is 61.1 Å². The van der Waals surface area contributed by atoms with E-state index >= 15 is 0 Å². The van der Waals surface area contributed by atoms with Crippen LogP contribution in [0.1, 0.15) is 62.6 Å². The molecular weight excluding hydrogens is 376 g/mol. The van der Waals surface area contributed by atoms with E-state index in [1.807, 2.05) is 6.20 Å². The number of aromatic amines is 1. The highest BCUT2D eigenvalue weighted by Gasteiger charge is 2.47. The summed E-state index contributed by atoms with van der Waals surface area (Å²) in [4.78, 5) is 19.0. The summed E-state index contributed by atoms with van der Waals surface area (Å²) in [5.74, 6) is 1.07. The molecule has 162 valence electrons. The number of nitrogens with one attached hydrogen (secondary N) is 1. The van der Waals surface area contributed by atoms with Crippen molar-refractivity contribution in [2.45, 2.75) is 82.3 Å². The first-order chi connectivity index (χ1) is 14.8. The fraction of sp³-hybridized carbons (Fsp3) is 0.750. The van der Waals surface area contributed by atoms with Crippen LogP contribution in [0.4, 0.5) is 0 Å². The number of carbonyl (C=O) groups is 1. The molecule has 0 radical (unpaired) electrons. The van der Waals surface area contributed by atoms with Crippen LogP contribution in [0.3, 0.4) is 0 Å². The van der Waals surface area contributed by atoms with E-state index in [-0.39, 0.29) is 5.92 Å². The summed E-state index contributed by atoms with van der Waals surface area (Å²) in [6.45, 7) is 2.89. The number of ether oxygens (including phenoxy) is 1. The van der Waals surface area contributed by atoms with E-state index in [1.54, 1.807) is 0 Å². The highest BCUT2D eigenvalue weighted by Crippen LogP contribution is 2.44. The summed E-state index contributed by atoms with van der Waals surface area (Å²) in [5, 5.41) is 7.38. The van der Waals surface area contributed by atoms with Gasteiger partial charge in [-0.25, -0.2) is 0 Å². The van der Waals surface area contributed by atoms with Crippen LogP contribution in [0.5, 0.6) is 0 Å². The summed E-state index contributed by atoms with van der Waals surface area (Å²) in [7, 11) is 0. The lowest BCUT2D eigenvalue weighted by molar-refractivity contribution is -0.140. The molecule has 30 heavy (non-hydrogen) atoms. The number of aryl methyl sites for hydroxylation is 1. The van der Waals surface area contributed by atoms with Crippen molar-refractivity contribution in [3.63, 3.8) is 0 Å². The molecule has 1 saturated carbocycles. The highest BCUT2D eigenvalue weighted by molar-refractivity contribution is 5.81. The maximum absolute atomic E-state index is 14.0. The number of carbonyl (C=O) groups excluding carboxylic acids is 1. The number of H-pyrrole nitrogens is 1. The molecule has 1 aromatic heterocycles. The minimum absolute atomic E-state index is 0.182. The minimum Gasteiger partial charge on any atom is -0.381 e. The van der Waals surface area contributed by atoms with Crippen molar-refractivity contribution < 1.29 is 9.53 Å². The molecule has 6 rings (SSSR count). The van der Waals surface area contributed by atoms with E-state index < -0.39 is 0 Å². The zero-order valence-corrected chi connectivity index (χ0v) is 17.9. The molecule has 3 heterocycles. The lowest BCUT2D eigenvalue weighted by Crippen LogP contribution is -2.49. The molecule has 0 bridgehead atoms. The molecule has 3 unspecified atom stereocenters. The molecule has 2 saturated heterocycles. The van der Waals surface area contributed by atoms with Crippen LogP contribution in [0.2, 0.25) is 0 Å². The number of fused-ring (bicyclic) bond motifs is 2. The van der Waals surface area contributed by atoms with Crippen molar-refractivity contribution in [2.24, 2.45) is 11.8 Å². The van der Waals surface area contributed by atoms with Gasteiger partial charge >= 0.3 is 0 Å². The quantitative estimate of drug-likeness (QED) is 0.829. The molecule has 3 fully saturated rings. The zero-order valence-electron chi connectivity index (χ0n) is 17.9. The first-order valence-corrected chi connectivity index (χ1v) is 12.2. The first kappa shape index (κ1) is 18.9. The van der Waals surface area contributed by atoms with Crippen LogP contribution < -0.4 is 0 Å². The lowest BCUT2D eigenvalue weighted by atomic mass is 9.79. The topological polar surface area (TPSA) is 61.5 Å². The number of aromatic nitrogens is 2. The summed E-state index contributed by atoms with van der Waals surface area (Å²) >= 11 is 0. The number of allylic oxidation sites excluding steroid dienone is 2. The third-order valence-corrected chi connectivity index (χ3v) is 8.24. The van der Waals surface area contributed by atoms with E-state index in [2.05, 4.69) is 26.1 Å².